The zero-order valence-electron chi connectivity index (χ0n) is 17.5. The molecule has 2 aliphatic heterocycles. The minimum atomic E-state index is -3.68. The summed E-state index contributed by atoms with van der Waals surface area (Å²) in [5, 5.41) is 3.52. The summed E-state index contributed by atoms with van der Waals surface area (Å²) in [5.74, 6) is -0.416. The van der Waals surface area contributed by atoms with E-state index in [9.17, 15) is 13.2 Å². The number of amides is 1. The largest absolute Gasteiger partial charge is 0.378 e. The standard InChI is InChI=1S/C22H25Cl2N3O4S/c23-19-6-4-16(14-20(19)24)25-22(28)18-15-17(32(29,30)27-8-2-1-3-9-27)5-7-21(18)26-10-12-31-13-11-26/h4-7,14-15H,1-3,8-13H2,(H,25,28). The maximum atomic E-state index is 13.3. The van der Waals surface area contributed by atoms with Crippen LogP contribution in [0.3, 0.4) is 0 Å². The Morgan fingerprint density at radius 1 is 0.906 bits per heavy atom. The molecule has 2 heterocycles. The molecule has 32 heavy (non-hydrogen) atoms. The van der Waals surface area contributed by atoms with Crippen molar-refractivity contribution in [1.82, 2.24) is 4.31 Å². The molecule has 0 spiro atoms. The quantitative estimate of drug-likeness (QED) is 0.667. The lowest BCUT2D eigenvalue weighted by atomic mass is 10.1. The number of nitrogens with zero attached hydrogens (tertiary/aromatic N) is 2. The number of piperidine rings is 1. The second kappa shape index (κ2) is 9.97. The van der Waals surface area contributed by atoms with Crippen LogP contribution in [0, 0.1) is 0 Å². The van der Waals surface area contributed by atoms with E-state index in [0.717, 1.165) is 19.3 Å². The number of rotatable bonds is 5. The van der Waals surface area contributed by atoms with Gasteiger partial charge in [-0.2, -0.15) is 4.31 Å². The van der Waals surface area contributed by atoms with Gasteiger partial charge in [-0.15, -0.1) is 0 Å². The first-order valence-corrected chi connectivity index (χ1v) is 12.8. The molecule has 172 valence electrons. The third kappa shape index (κ3) is 5.05. The number of morpholine rings is 1. The lowest BCUT2D eigenvalue weighted by Crippen LogP contribution is -2.38. The summed E-state index contributed by atoms with van der Waals surface area (Å²) in [5.41, 5.74) is 1.43. The molecule has 2 aromatic rings. The van der Waals surface area contributed by atoms with Crippen molar-refractivity contribution >= 4 is 50.5 Å². The molecule has 1 amide bonds. The molecule has 1 N–H and O–H groups in total. The van der Waals surface area contributed by atoms with Gasteiger partial charge < -0.3 is 15.0 Å². The highest BCUT2D eigenvalue weighted by Gasteiger charge is 2.28. The highest BCUT2D eigenvalue weighted by atomic mass is 35.5. The van der Waals surface area contributed by atoms with Crippen molar-refractivity contribution in [3.8, 4) is 0 Å². The average Bonchev–Trinajstić information content (AvgIpc) is 2.82. The van der Waals surface area contributed by atoms with Crippen LogP contribution in [0.25, 0.3) is 0 Å². The number of hydrogen-bond donors (Lipinski definition) is 1. The van der Waals surface area contributed by atoms with Crippen LogP contribution < -0.4 is 10.2 Å². The van der Waals surface area contributed by atoms with E-state index in [1.54, 1.807) is 30.3 Å². The third-order valence-electron chi connectivity index (χ3n) is 5.69. The summed E-state index contributed by atoms with van der Waals surface area (Å²) >= 11 is 12.0. The zero-order valence-corrected chi connectivity index (χ0v) is 19.8. The number of halogens is 2. The van der Waals surface area contributed by atoms with Crippen LogP contribution in [0.1, 0.15) is 29.6 Å². The molecule has 0 bridgehead atoms. The Hall–Kier alpha value is -1.84. The molecule has 0 atom stereocenters. The molecule has 2 saturated heterocycles. The number of sulfonamides is 1. The van der Waals surface area contributed by atoms with E-state index in [1.807, 2.05) is 4.90 Å². The Kier molecular flexibility index (Phi) is 7.27. The fraction of sp³-hybridized carbons (Fsp3) is 0.409. The summed E-state index contributed by atoms with van der Waals surface area (Å²) in [6.45, 7) is 3.32. The van der Waals surface area contributed by atoms with Crippen LogP contribution in [0.2, 0.25) is 10.0 Å². The molecule has 0 saturated carbocycles. The molecule has 0 unspecified atom stereocenters. The molecule has 2 aromatic carbocycles. The van der Waals surface area contributed by atoms with E-state index in [2.05, 4.69) is 5.32 Å². The molecule has 4 rings (SSSR count). The van der Waals surface area contributed by atoms with Crippen LogP contribution in [0.5, 0.6) is 0 Å². The van der Waals surface area contributed by atoms with E-state index in [-0.39, 0.29) is 10.5 Å². The van der Waals surface area contributed by atoms with E-state index >= 15 is 0 Å². The summed E-state index contributed by atoms with van der Waals surface area (Å²) in [6.07, 6.45) is 2.71. The van der Waals surface area contributed by atoms with Gasteiger partial charge in [-0.05, 0) is 49.2 Å². The van der Waals surface area contributed by atoms with Gasteiger partial charge in [-0.25, -0.2) is 8.42 Å². The van der Waals surface area contributed by atoms with Crippen molar-refractivity contribution in [2.45, 2.75) is 24.2 Å². The zero-order chi connectivity index (χ0) is 22.7. The minimum Gasteiger partial charge on any atom is -0.378 e. The second-order valence-corrected chi connectivity index (χ2v) is 10.6. The van der Waals surface area contributed by atoms with Crippen LogP contribution in [-0.4, -0.2) is 58.0 Å². The van der Waals surface area contributed by atoms with Crippen LogP contribution in [0.15, 0.2) is 41.3 Å². The fourth-order valence-corrected chi connectivity index (χ4v) is 5.81. The van der Waals surface area contributed by atoms with Gasteiger partial charge in [0.25, 0.3) is 5.91 Å². The summed E-state index contributed by atoms with van der Waals surface area (Å²) in [6, 6.07) is 9.58. The van der Waals surface area contributed by atoms with Gasteiger partial charge in [0, 0.05) is 37.6 Å². The molecular weight excluding hydrogens is 473 g/mol. The van der Waals surface area contributed by atoms with Gasteiger partial charge in [-0.3, -0.25) is 4.79 Å². The Labute approximate surface area is 198 Å². The van der Waals surface area contributed by atoms with E-state index in [1.165, 1.54) is 10.4 Å². The van der Waals surface area contributed by atoms with Gasteiger partial charge in [-0.1, -0.05) is 29.6 Å². The van der Waals surface area contributed by atoms with Crippen molar-refractivity contribution in [3.63, 3.8) is 0 Å². The topological polar surface area (TPSA) is 79.0 Å². The van der Waals surface area contributed by atoms with Crippen molar-refractivity contribution in [2.75, 3.05) is 49.6 Å². The molecule has 0 aliphatic carbocycles. The maximum absolute atomic E-state index is 13.3. The maximum Gasteiger partial charge on any atom is 0.257 e. The summed E-state index contributed by atoms with van der Waals surface area (Å²) in [4.78, 5) is 15.4. The van der Waals surface area contributed by atoms with E-state index < -0.39 is 15.9 Å². The molecule has 2 fully saturated rings. The fourth-order valence-electron chi connectivity index (χ4n) is 3.96. The normalized spacial score (nSPS) is 17.9. The van der Waals surface area contributed by atoms with E-state index in [4.69, 9.17) is 27.9 Å². The van der Waals surface area contributed by atoms with Gasteiger partial charge in [0.2, 0.25) is 10.0 Å². The Balaban J connectivity index is 1.70. The second-order valence-electron chi connectivity index (χ2n) is 7.83. The number of anilines is 2. The molecule has 10 heteroatoms. The Morgan fingerprint density at radius 3 is 2.31 bits per heavy atom. The van der Waals surface area contributed by atoms with Crippen LogP contribution in [0.4, 0.5) is 11.4 Å². The number of benzene rings is 2. The van der Waals surface area contributed by atoms with Gasteiger partial charge in [0.15, 0.2) is 0 Å². The van der Waals surface area contributed by atoms with Gasteiger partial charge in [0.05, 0.1) is 33.7 Å². The number of nitrogens with one attached hydrogen (secondary N) is 1. The van der Waals surface area contributed by atoms with Gasteiger partial charge in [0.1, 0.15) is 0 Å². The van der Waals surface area contributed by atoms with Crippen LogP contribution >= 0.6 is 23.2 Å². The molecular formula is C22H25Cl2N3O4S. The average molecular weight is 498 g/mol. The highest BCUT2D eigenvalue weighted by Crippen LogP contribution is 2.30. The number of carbonyl (C=O) groups is 1. The van der Waals surface area contributed by atoms with Crippen LogP contribution in [-0.2, 0) is 14.8 Å². The molecule has 0 aromatic heterocycles. The van der Waals surface area contributed by atoms with Crippen molar-refractivity contribution < 1.29 is 17.9 Å². The predicted molar refractivity (Wildman–Crippen MR) is 126 cm³/mol. The first kappa shape index (κ1) is 23.3. The number of ether oxygens (including phenoxy) is 1. The van der Waals surface area contributed by atoms with E-state index in [0.29, 0.717) is 60.8 Å². The lowest BCUT2D eigenvalue weighted by molar-refractivity contribution is 0.102. The summed E-state index contributed by atoms with van der Waals surface area (Å²) in [7, 11) is -3.68. The lowest BCUT2D eigenvalue weighted by Gasteiger charge is -2.31. The monoisotopic (exact) mass is 497 g/mol. The smallest absolute Gasteiger partial charge is 0.257 e. The number of hydrogen-bond acceptors (Lipinski definition) is 5. The van der Waals surface area contributed by atoms with Crippen molar-refractivity contribution in [2.24, 2.45) is 0 Å². The first-order chi connectivity index (χ1) is 15.4. The highest BCUT2D eigenvalue weighted by molar-refractivity contribution is 7.89. The molecule has 7 nitrogen and oxygen atoms in total. The van der Waals surface area contributed by atoms with Gasteiger partial charge >= 0.3 is 0 Å². The minimum absolute atomic E-state index is 0.121. The summed E-state index contributed by atoms with van der Waals surface area (Å²) < 4.78 is 33.4. The van der Waals surface area contributed by atoms with Crippen molar-refractivity contribution in [1.29, 1.82) is 0 Å². The third-order valence-corrected chi connectivity index (χ3v) is 8.33. The Morgan fingerprint density at radius 2 is 1.62 bits per heavy atom. The molecule has 0 radical (unpaired) electrons. The molecule has 2 aliphatic rings. The predicted octanol–water partition coefficient (Wildman–Crippen LogP) is 4.26. The first-order valence-electron chi connectivity index (χ1n) is 10.6. The number of carbonyl (C=O) groups excluding carboxylic acids is 1. The SMILES string of the molecule is O=C(Nc1ccc(Cl)c(Cl)c1)c1cc(S(=O)(=O)N2CCCCC2)ccc1N1CCOCC1. The van der Waals surface area contributed by atoms with Crippen molar-refractivity contribution in [3.05, 3.63) is 52.0 Å². The Bertz CT molecular complexity index is 1100.